The number of rotatable bonds is 4. The summed E-state index contributed by atoms with van der Waals surface area (Å²) in [4.78, 5) is 5.64. The number of imidazole rings is 1. The number of nitrogens with zero attached hydrogens (tertiary/aromatic N) is 4. The van der Waals surface area contributed by atoms with Crippen molar-refractivity contribution in [1.82, 2.24) is 24.5 Å². The van der Waals surface area contributed by atoms with Gasteiger partial charge in [0.2, 0.25) is 0 Å². The Morgan fingerprint density at radius 2 is 2.16 bits per heavy atom. The molecule has 1 unspecified atom stereocenters. The fourth-order valence-corrected chi connectivity index (χ4v) is 3.11. The molecule has 0 saturated heterocycles. The summed E-state index contributed by atoms with van der Waals surface area (Å²) in [6.45, 7) is 9.50. The van der Waals surface area contributed by atoms with Crippen molar-refractivity contribution >= 4 is 11.5 Å². The quantitative estimate of drug-likeness (QED) is 0.933. The monoisotopic (exact) mass is 279 g/mol. The molecule has 2 aromatic heterocycles. The normalized spacial score (nSPS) is 13.7. The SMILES string of the molecule is CCn1ccnc1C(NC)c1snnc1C(C)(C)C. The van der Waals surface area contributed by atoms with Crippen LogP contribution in [0.5, 0.6) is 0 Å². The van der Waals surface area contributed by atoms with E-state index in [0.717, 1.165) is 22.9 Å². The average molecular weight is 279 g/mol. The highest BCUT2D eigenvalue weighted by molar-refractivity contribution is 7.05. The van der Waals surface area contributed by atoms with E-state index >= 15 is 0 Å². The molecule has 1 atom stereocenters. The van der Waals surface area contributed by atoms with Crippen molar-refractivity contribution in [3.8, 4) is 0 Å². The molecule has 2 rings (SSSR count). The van der Waals surface area contributed by atoms with Crippen LogP contribution in [-0.2, 0) is 12.0 Å². The molecule has 1 N–H and O–H groups in total. The largest absolute Gasteiger partial charge is 0.334 e. The van der Waals surface area contributed by atoms with E-state index in [1.807, 2.05) is 19.4 Å². The Labute approximate surface area is 118 Å². The summed E-state index contributed by atoms with van der Waals surface area (Å²) < 4.78 is 6.28. The van der Waals surface area contributed by atoms with Crippen LogP contribution in [0.4, 0.5) is 0 Å². The van der Waals surface area contributed by atoms with Crippen LogP contribution in [0.3, 0.4) is 0 Å². The van der Waals surface area contributed by atoms with Crippen LogP contribution in [0, 0.1) is 0 Å². The summed E-state index contributed by atoms with van der Waals surface area (Å²) in [5, 5.41) is 7.65. The molecule has 104 valence electrons. The summed E-state index contributed by atoms with van der Waals surface area (Å²) >= 11 is 1.45. The summed E-state index contributed by atoms with van der Waals surface area (Å²) in [7, 11) is 1.95. The molecule has 0 spiro atoms. The summed E-state index contributed by atoms with van der Waals surface area (Å²) in [5.74, 6) is 1.02. The Hall–Kier alpha value is -1.27. The third-order valence-electron chi connectivity index (χ3n) is 3.12. The van der Waals surface area contributed by atoms with Crippen molar-refractivity contribution in [2.24, 2.45) is 0 Å². The maximum absolute atomic E-state index is 4.49. The molecular weight excluding hydrogens is 258 g/mol. The van der Waals surface area contributed by atoms with Crippen LogP contribution >= 0.6 is 11.5 Å². The molecule has 6 heteroatoms. The van der Waals surface area contributed by atoms with Gasteiger partial charge < -0.3 is 9.88 Å². The predicted octanol–water partition coefficient (Wildman–Crippen LogP) is 2.36. The molecule has 0 amide bonds. The van der Waals surface area contributed by atoms with Gasteiger partial charge in [0.1, 0.15) is 11.9 Å². The Balaban J connectivity index is 2.47. The van der Waals surface area contributed by atoms with Crippen LogP contribution in [0.1, 0.15) is 50.1 Å². The fourth-order valence-electron chi connectivity index (χ4n) is 2.13. The lowest BCUT2D eigenvalue weighted by Gasteiger charge is -2.21. The molecule has 5 nitrogen and oxygen atoms in total. The van der Waals surface area contributed by atoms with E-state index < -0.39 is 0 Å². The Morgan fingerprint density at radius 1 is 1.42 bits per heavy atom. The molecule has 0 aliphatic heterocycles. The minimum atomic E-state index is -0.0128. The summed E-state index contributed by atoms with van der Waals surface area (Å²) in [6, 6.07) is 0.0455. The average Bonchev–Trinajstić information content (AvgIpc) is 2.97. The zero-order valence-electron chi connectivity index (χ0n) is 12.1. The number of aryl methyl sites for hydroxylation is 1. The van der Waals surface area contributed by atoms with E-state index in [-0.39, 0.29) is 11.5 Å². The first kappa shape index (κ1) is 14.1. The maximum atomic E-state index is 4.49. The van der Waals surface area contributed by atoms with Gasteiger partial charge in [-0.25, -0.2) is 4.98 Å². The van der Waals surface area contributed by atoms with Crippen LogP contribution in [0.2, 0.25) is 0 Å². The van der Waals surface area contributed by atoms with Crippen molar-refractivity contribution in [1.29, 1.82) is 0 Å². The first-order valence-electron chi connectivity index (χ1n) is 6.50. The highest BCUT2D eigenvalue weighted by Crippen LogP contribution is 2.32. The standard InChI is InChI=1S/C13H21N5S/c1-6-18-8-7-15-12(18)9(14-5)10-11(13(2,3)4)16-17-19-10/h7-9,14H,6H2,1-5H3. The number of hydrogen-bond acceptors (Lipinski definition) is 5. The van der Waals surface area contributed by atoms with Gasteiger partial charge in [0.25, 0.3) is 0 Å². The van der Waals surface area contributed by atoms with Gasteiger partial charge >= 0.3 is 0 Å². The molecule has 0 aliphatic rings. The van der Waals surface area contributed by atoms with Crippen LogP contribution in [0.15, 0.2) is 12.4 Å². The third-order valence-corrected chi connectivity index (χ3v) is 3.91. The lowest BCUT2D eigenvalue weighted by molar-refractivity contribution is 0.536. The van der Waals surface area contributed by atoms with E-state index in [0.29, 0.717) is 0 Å². The van der Waals surface area contributed by atoms with Gasteiger partial charge in [0.05, 0.1) is 10.6 Å². The highest BCUT2D eigenvalue weighted by atomic mass is 32.1. The second-order valence-corrected chi connectivity index (χ2v) is 6.31. The first-order chi connectivity index (χ1) is 8.99. The Bertz CT molecular complexity index is 537. The van der Waals surface area contributed by atoms with Crippen LogP contribution in [-0.4, -0.2) is 26.2 Å². The van der Waals surface area contributed by atoms with Crippen LogP contribution < -0.4 is 5.32 Å². The molecule has 0 saturated carbocycles. The van der Waals surface area contributed by atoms with Gasteiger partial charge in [-0.2, -0.15) is 0 Å². The second-order valence-electron chi connectivity index (χ2n) is 5.53. The molecule has 0 fully saturated rings. The predicted molar refractivity (Wildman–Crippen MR) is 77.4 cm³/mol. The number of hydrogen-bond donors (Lipinski definition) is 1. The van der Waals surface area contributed by atoms with E-state index in [1.54, 1.807) is 0 Å². The topological polar surface area (TPSA) is 55.6 Å². The van der Waals surface area contributed by atoms with Crippen LogP contribution in [0.25, 0.3) is 0 Å². The summed E-state index contributed by atoms with van der Waals surface area (Å²) in [6.07, 6.45) is 3.85. The van der Waals surface area contributed by atoms with Crippen molar-refractivity contribution in [3.63, 3.8) is 0 Å². The molecule has 19 heavy (non-hydrogen) atoms. The van der Waals surface area contributed by atoms with Gasteiger partial charge in [-0.3, -0.25) is 0 Å². The molecular formula is C13H21N5S. The van der Waals surface area contributed by atoms with Crippen molar-refractivity contribution < 1.29 is 0 Å². The highest BCUT2D eigenvalue weighted by Gasteiger charge is 2.29. The lowest BCUT2D eigenvalue weighted by Crippen LogP contribution is -2.25. The number of nitrogens with one attached hydrogen (secondary N) is 1. The van der Waals surface area contributed by atoms with Gasteiger partial charge in [-0.15, -0.1) is 5.10 Å². The number of aromatic nitrogens is 4. The van der Waals surface area contributed by atoms with Gasteiger partial charge in [0, 0.05) is 24.4 Å². The molecule has 0 aliphatic carbocycles. The van der Waals surface area contributed by atoms with Gasteiger partial charge in [-0.05, 0) is 25.5 Å². The minimum absolute atomic E-state index is 0.0128. The summed E-state index contributed by atoms with van der Waals surface area (Å²) in [5.41, 5.74) is 1.03. The van der Waals surface area contributed by atoms with Crippen molar-refractivity contribution in [2.75, 3.05) is 7.05 Å². The minimum Gasteiger partial charge on any atom is -0.334 e. The van der Waals surface area contributed by atoms with Gasteiger partial charge in [-0.1, -0.05) is 25.3 Å². The Kier molecular flexibility index (Phi) is 4.01. The first-order valence-corrected chi connectivity index (χ1v) is 7.27. The molecule has 2 heterocycles. The van der Waals surface area contributed by atoms with Crippen molar-refractivity contribution in [3.05, 3.63) is 28.8 Å². The lowest BCUT2D eigenvalue weighted by atomic mass is 9.90. The van der Waals surface area contributed by atoms with E-state index in [2.05, 4.69) is 52.1 Å². The smallest absolute Gasteiger partial charge is 0.131 e. The zero-order valence-corrected chi connectivity index (χ0v) is 13.0. The molecule has 0 bridgehead atoms. The van der Waals surface area contributed by atoms with Gasteiger partial charge in [0.15, 0.2) is 0 Å². The fraction of sp³-hybridized carbons (Fsp3) is 0.615. The zero-order chi connectivity index (χ0) is 14.0. The second kappa shape index (κ2) is 5.38. The maximum Gasteiger partial charge on any atom is 0.131 e. The molecule has 2 aromatic rings. The molecule has 0 aromatic carbocycles. The van der Waals surface area contributed by atoms with E-state index in [9.17, 15) is 0 Å². The van der Waals surface area contributed by atoms with E-state index in [4.69, 9.17) is 0 Å². The van der Waals surface area contributed by atoms with E-state index in [1.165, 1.54) is 11.5 Å². The Morgan fingerprint density at radius 3 is 2.74 bits per heavy atom. The van der Waals surface area contributed by atoms with Crippen molar-refractivity contribution in [2.45, 2.75) is 45.7 Å². The third kappa shape index (κ3) is 2.69. The molecule has 0 radical (unpaired) electrons.